The fourth-order valence-electron chi connectivity index (χ4n) is 4.38. The van der Waals surface area contributed by atoms with Gasteiger partial charge in [-0.3, -0.25) is 9.80 Å². The van der Waals surface area contributed by atoms with Gasteiger partial charge in [-0.05, 0) is 55.6 Å². The Morgan fingerprint density at radius 3 is 1.65 bits per heavy atom. The molecule has 0 saturated heterocycles. The van der Waals surface area contributed by atoms with E-state index in [1.165, 1.54) is 43.5 Å². The Bertz CT molecular complexity index is 634. The summed E-state index contributed by atoms with van der Waals surface area (Å²) in [6.07, 6.45) is 3.54. The van der Waals surface area contributed by atoms with Crippen LogP contribution in [0.3, 0.4) is 0 Å². The van der Waals surface area contributed by atoms with Gasteiger partial charge in [-0.25, -0.2) is 0 Å². The molecule has 2 aliphatic rings. The van der Waals surface area contributed by atoms with Crippen molar-refractivity contribution in [3.63, 3.8) is 0 Å². The van der Waals surface area contributed by atoms with Crippen molar-refractivity contribution in [3.8, 4) is 0 Å². The van der Waals surface area contributed by atoms with E-state index in [9.17, 15) is 0 Å². The molecule has 2 aromatic rings. The maximum Gasteiger partial charge on any atom is 0.0366 e. The van der Waals surface area contributed by atoms with Gasteiger partial charge in [-0.2, -0.15) is 0 Å². The summed E-state index contributed by atoms with van der Waals surface area (Å²) in [4.78, 5) is 5.10. The highest BCUT2D eigenvalue weighted by atomic mass is 15.2. The zero-order chi connectivity index (χ0) is 15.8. The maximum atomic E-state index is 2.55. The Balaban J connectivity index is 1.68. The molecule has 120 valence electrons. The zero-order valence-electron chi connectivity index (χ0n) is 14.2. The van der Waals surface area contributed by atoms with E-state index in [0.29, 0.717) is 12.1 Å². The van der Waals surface area contributed by atoms with Crippen LogP contribution in [-0.4, -0.2) is 37.0 Å². The fraction of sp³-hybridized carbons (Fsp3) is 0.429. The molecule has 4 rings (SSSR count). The number of rotatable bonds is 2. The molecule has 2 aromatic carbocycles. The van der Waals surface area contributed by atoms with Crippen LogP contribution in [0.5, 0.6) is 0 Å². The van der Waals surface area contributed by atoms with Gasteiger partial charge in [0.1, 0.15) is 0 Å². The first-order chi connectivity index (χ1) is 11.2. The second-order valence-corrected chi connectivity index (χ2v) is 7.13. The van der Waals surface area contributed by atoms with Crippen molar-refractivity contribution >= 4 is 0 Å². The van der Waals surface area contributed by atoms with Crippen molar-refractivity contribution in [1.29, 1.82) is 0 Å². The van der Waals surface area contributed by atoms with Crippen LogP contribution in [0.25, 0.3) is 0 Å². The standard InChI is InChI=1S/C21H26N2/c1-22-13-11-16-7-3-5-9-18(16)20(22)15-21-19-10-6-4-8-17(19)12-14-23(21)2/h3-10,20-21H,11-15H2,1-2H3. The van der Waals surface area contributed by atoms with Crippen molar-refractivity contribution in [2.24, 2.45) is 0 Å². The molecule has 2 unspecified atom stereocenters. The molecule has 0 fully saturated rings. The first-order valence-corrected chi connectivity index (χ1v) is 8.80. The van der Waals surface area contributed by atoms with Crippen LogP contribution >= 0.6 is 0 Å². The van der Waals surface area contributed by atoms with Crippen LogP contribution in [0.1, 0.15) is 40.8 Å². The monoisotopic (exact) mass is 306 g/mol. The average molecular weight is 306 g/mol. The number of hydrogen-bond acceptors (Lipinski definition) is 2. The SMILES string of the molecule is CN1CCc2ccccc2C1CC1c2ccccc2CCN1C. The number of likely N-dealkylation sites (N-methyl/N-ethyl adjacent to an activating group) is 2. The molecule has 0 bridgehead atoms. The Labute approximate surface area is 139 Å². The molecule has 0 radical (unpaired) electrons. The van der Waals surface area contributed by atoms with Gasteiger partial charge in [0.05, 0.1) is 0 Å². The molecule has 2 nitrogen and oxygen atoms in total. The third-order valence-corrected chi connectivity index (χ3v) is 5.81. The maximum absolute atomic E-state index is 2.55. The Kier molecular flexibility index (Phi) is 3.96. The van der Waals surface area contributed by atoms with E-state index in [-0.39, 0.29) is 0 Å². The molecule has 2 aliphatic heterocycles. The molecule has 0 amide bonds. The molecule has 0 aromatic heterocycles. The number of hydrogen-bond donors (Lipinski definition) is 0. The Morgan fingerprint density at radius 1 is 0.739 bits per heavy atom. The zero-order valence-corrected chi connectivity index (χ0v) is 14.2. The molecule has 0 saturated carbocycles. The van der Waals surface area contributed by atoms with Crippen molar-refractivity contribution in [1.82, 2.24) is 9.80 Å². The minimum Gasteiger partial charge on any atom is -0.299 e. The molecule has 0 N–H and O–H groups in total. The van der Waals surface area contributed by atoms with Gasteiger partial charge in [0.15, 0.2) is 0 Å². The fourth-order valence-corrected chi connectivity index (χ4v) is 4.38. The lowest BCUT2D eigenvalue weighted by Crippen LogP contribution is -2.38. The first kappa shape index (κ1) is 14.9. The second-order valence-electron chi connectivity index (χ2n) is 7.13. The molecular weight excluding hydrogens is 280 g/mol. The number of fused-ring (bicyclic) bond motifs is 2. The first-order valence-electron chi connectivity index (χ1n) is 8.80. The minimum absolute atomic E-state index is 0.526. The van der Waals surface area contributed by atoms with Gasteiger partial charge < -0.3 is 0 Å². The Morgan fingerprint density at radius 2 is 1.17 bits per heavy atom. The van der Waals surface area contributed by atoms with Crippen LogP contribution in [0.15, 0.2) is 48.5 Å². The van der Waals surface area contributed by atoms with Gasteiger partial charge in [0, 0.05) is 25.2 Å². The number of nitrogens with zero attached hydrogens (tertiary/aromatic N) is 2. The predicted octanol–water partition coefficient (Wildman–Crippen LogP) is 3.83. The van der Waals surface area contributed by atoms with Crippen LogP contribution in [0.2, 0.25) is 0 Å². The summed E-state index contributed by atoms with van der Waals surface area (Å²) in [6, 6.07) is 19.1. The quantitative estimate of drug-likeness (QED) is 0.832. The topological polar surface area (TPSA) is 6.48 Å². The van der Waals surface area contributed by atoms with E-state index < -0.39 is 0 Å². The lowest BCUT2D eigenvalue weighted by Gasteiger charge is -2.41. The van der Waals surface area contributed by atoms with Crippen molar-refractivity contribution in [2.75, 3.05) is 27.2 Å². The van der Waals surface area contributed by atoms with Crippen molar-refractivity contribution in [3.05, 3.63) is 70.8 Å². The van der Waals surface area contributed by atoms with Crippen molar-refractivity contribution in [2.45, 2.75) is 31.3 Å². The molecule has 2 heterocycles. The molecule has 2 heteroatoms. The van der Waals surface area contributed by atoms with E-state index >= 15 is 0 Å². The van der Waals surface area contributed by atoms with Gasteiger partial charge in [-0.1, -0.05) is 48.5 Å². The third-order valence-electron chi connectivity index (χ3n) is 5.81. The lowest BCUT2D eigenvalue weighted by molar-refractivity contribution is 0.145. The average Bonchev–Trinajstić information content (AvgIpc) is 2.59. The summed E-state index contributed by atoms with van der Waals surface area (Å²) < 4.78 is 0. The highest BCUT2D eigenvalue weighted by Crippen LogP contribution is 2.40. The normalized spacial score (nSPS) is 25.0. The molecule has 2 atom stereocenters. The second kappa shape index (κ2) is 6.10. The van der Waals surface area contributed by atoms with Crippen LogP contribution in [0, 0.1) is 0 Å². The molecule has 23 heavy (non-hydrogen) atoms. The summed E-state index contributed by atoms with van der Waals surface area (Å²) in [6.45, 7) is 2.33. The third kappa shape index (κ3) is 2.71. The summed E-state index contributed by atoms with van der Waals surface area (Å²) in [5, 5.41) is 0. The summed E-state index contributed by atoms with van der Waals surface area (Å²) in [5.41, 5.74) is 6.17. The lowest BCUT2D eigenvalue weighted by atomic mass is 9.84. The Hall–Kier alpha value is -1.64. The smallest absolute Gasteiger partial charge is 0.0366 e. The van der Waals surface area contributed by atoms with Crippen molar-refractivity contribution < 1.29 is 0 Å². The van der Waals surface area contributed by atoms with E-state index in [2.05, 4.69) is 72.4 Å². The van der Waals surface area contributed by atoms with Crippen LogP contribution in [-0.2, 0) is 12.8 Å². The molecule has 0 aliphatic carbocycles. The molecular formula is C21H26N2. The summed E-state index contributed by atoms with van der Waals surface area (Å²) in [7, 11) is 4.57. The molecule has 0 spiro atoms. The predicted molar refractivity (Wildman–Crippen MR) is 95.7 cm³/mol. The highest BCUT2D eigenvalue weighted by molar-refractivity contribution is 5.36. The van der Waals surface area contributed by atoms with E-state index in [4.69, 9.17) is 0 Å². The number of benzene rings is 2. The summed E-state index contributed by atoms with van der Waals surface area (Å²) in [5.74, 6) is 0. The van der Waals surface area contributed by atoms with Gasteiger partial charge in [-0.15, -0.1) is 0 Å². The van der Waals surface area contributed by atoms with Gasteiger partial charge >= 0.3 is 0 Å². The van der Waals surface area contributed by atoms with E-state index in [1.54, 1.807) is 11.1 Å². The van der Waals surface area contributed by atoms with Gasteiger partial charge in [0.2, 0.25) is 0 Å². The highest BCUT2D eigenvalue weighted by Gasteiger charge is 2.31. The van der Waals surface area contributed by atoms with Gasteiger partial charge in [0.25, 0.3) is 0 Å². The van der Waals surface area contributed by atoms with Crippen LogP contribution < -0.4 is 0 Å². The van der Waals surface area contributed by atoms with Crippen LogP contribution in [0.4, 0.5) is 0 Å². The minimum atomic E-state index is 0.526. The van der Waals surface area contributed by atoms with E-state index in [0.717, 1.165) is 0 Å². The largest absolute Gasteiger partial charge is 0.299 e. The van der Waals surface area contributed by atoms with E-state index in [1.807, 2.05) is 0 Å². The summed E-state index contributed by atoms with van der Waals surface area (Å²) >= 11 is 0.